The Morgan fingerprint density at radius 2 is 1.75 bits per heavy atom. The number of amides is 2. The molecule has 0 bridgehead atoms. The Kier molecular flexibility index (Phi) is 4.09. The molecular weight excluding hydrogens is 256 g/mol. The molecule has 1 aromatic carbocycles. The summed E-state index contributed by atoms with van der Waals surface area (Å²) in [6.07, 6.45) is 1.78. The maximum atomic E-state index is 11.8. The standard InChI is InChI=1S/C15H20N2O3/c1-10-5-11(2)7-12(6-10)17-14(20)13(19)16-8-15(9-18)3-4-15/h5-7,18H,3-4,8-9H2,1-2H3,(H,16,19)(H,17,20). The zero-order valence-electron chi connectivity index (χ0n) is 11.8. The smallest absolute Gasteiger partial charge is 0.313 e. The highest BCUT2D eigenvalue weighted by molar-refractivity contribution is 6.39. The van der Waals surface area contributed by atoms with Crippen LogP contribution in [0.2, 0.25) is 0 Å². The van der Waals surface area contributed by atoms with Crippen molar-refractivity contribution in [3.05, 3.63) is 29.3 Å². The Hall–Kier alpha value is -1.88. The van der Waals surface area contributed by atoms with Crippen LogP contribution in [0.25, 0.3) is 0 Å². The van der Waals surface area contributed by atoms with Gasteiger partial charge in [-0.15, -0.1) is 0 Å². The molecule has 3 N–H and O–H groups in total. The lowest BCUT2D eigenvalue weighted by Crippen LogP contribution is -2.39. The first-order valence-electron chi connectivity index (χ1n) is 6.72. The summed E-state index contributed by atoms with van der Waals surface area (Å²) in [6, 6.07) is 5.62. The summed E-state index contributed by atoms with van der Waals surface area (Å²) in [6.45, 7) is 4.26. The van der Waals surface area contributed by atoms with Crippen LogP contribution in [0.3, 0.4) is 0 Å². The fourth-order valence-corrected chi connectivity index (χ4v) is 2.15. The molecule has 0 atom stereocenters. The highest BCUT2D eigenvalue weighted by Gasteiger charge is 2.42. The van der Waals surface area contributed by atoms with Crippen molar-refractivity contribution in [1.29, 1.82) is 0 Å². The van der Waals surface area contributed by atoms with Crippen molar-refractivity contribution in [2.24, 2.45) is 5.41 Å². The minimum Gasteiger partial charge on any atom is -0.396 e. The van der Waals surface area contributed by atoms with E-state index in [-0.39, 0.29) is 12.0 Å². The van der Waals surface area contributed by atoms with Crippen LogP contribution in [0, 0.1) is 19.3 Å². The van der Waals surface area contributed by atoms with Gasteiger partial charge >= 0.3 is 11.8 Å². The van der Waals surface area contributed by atoms with Crippen molar-refractivity contribution in [2.75, 3.05) is 18.5 Å². The minimum absolute atomic E-state index is 0.0476. The third-order valence-electron chi connectivity index (χ3n) is 3.60. The number of aliphatic hydroxyl groups is 1. The first-order valence-corrected chi connectivity index (χ1v) is 6.72. The van der Waals surface area contributed by atoms with Gasteiger partial charge in [-0.1, -0.05) is 6.07 Å². The SMILES string of the molecule is Cc1cc(C)cc(NC(=O)C(=O)NCC2(CO)CC2)c1. The Morgan fingerprint density at radius 3 is 2.25 bits per heavy atom. The van der Waals surface area contributed by atoms with E-state index in [0.717, 1.165) is 24.0 Å². The zero-order chi connectivity index (χ0) is 14.8. The predicted octanol–water partition coefficient (Wildman–Crippen LogP) is 1.13. The molecule has 1 aromatic rings. The van der Waals surface area contributed by atoms with Gasteiger partial charge in [0, 0.05) is 17.6 Å². The lowest BCUT2D eigenvalue weighted by atomic mass is 10.1. The maximum absolute atomic E-state index is 11.8. The third-order valence-corrected chi connectivity index (χ3v) is 3.60. The van der Waals surface area contributed by atoms with Gasteiger partial charge in [0.25, 0.3) is 0 Å². The van der Waals surface area contributed by atoms with Crippen molar-refractivity contribution in [1.82, 2.24) is 5.32 Å². The molecule has 2 amide bonds. The molecule has 20 heavy (non-hydrogen) atoms. The number of nitrogens with one attached hydrogen (secondary N) is 2. The van der Waals surface area contributed by atoms with E-state index in [9.17, 15) is 9.59 Å². The molecule has 108 valence electrons. The average Bonchev–Trinajstić information content (AvgIpc) is 3.15. The molecule has 5 nitrogen and oxygen atoms in total. The highest BCUT2D eigenvalue weighted by Crippen LogP contribution is 2.44. The minimum atomic E-state index is -0.677. The van der Waals surface area contributed by atoms with Crippen molar-refractivity contribution >= 4 is 17.5 Å². The number of hydrogen-bond donors (Lipinski definition) is 3. The van der Waals surface area contributed by atoms with E-state index in [4.69, 9.17) is 5.11 Å². The predicted molar refractivity (Wildman–Crippen MR) is 76.3 cm³/mol. The van der Waals surface area contributed by atoms with Gasteiger partial charge in [0.05, 0.1) is 6.61 Å². The average molecular weight is 276 g/mol. The van der Waals surface area contributed by atoms with Crippen molar-refractivity contribution < 1.29 is 14.7 Å². The van der Waals surface area contributed by atoms with Crippen molar-refractivity contribution in [2.45, 2.75) is 26.7 Å². The largest absolute Gasteiger partial charge is 0.396 e. The van der Waals surface area contributed by atoms with Gasteiger partial charge in [0.15, 0.2) is 0 Å². The number of rotatable bonds is 4. The highest BCUT2D eigenvalue weighted by atomic mass is 16.3. The van der Waals surface area contributed by atoms with E-state index in [1.807, 2.05) is 32.0 Å². The first kappa shape index (κ1) is 14.5. The van der Waals surface area contributed by atoms with Gasteiger partial charge in [-0.05, 0) is 49.9 Å². The Morgan fingerprint density at radius 1 is 1.15 bits per heavy atom. The maximum Gasteiger partial charge on any atom is 0.313 e. The van der Waals surface area contributed by atoms with Crippen LogP contribution in [-0.2, 0) is 9.59 Å². The second-order valence-corrected chi connectivity index (χ2v) is 5.67. The third kappa shape index (κ3) is 3.57. The van der Waals surface area contributed by atoms with Gasteiger partial charge in [-0.3, -0.25) is 9.59 Å². The Bertz CT molecular complexity index is 516. The molecule has 0 unspecified atom stereocenters. The number of benzene rings is 1. The van der Waals surface area contributed by atoms with Crippen LogP contribution >= 0.6 is 0 Å². The number of carbonyl (C=O) groups is 2. The van der Waals surface area contributed by atoms with Gasteiger partial charge in [0.2, 0.25) is 0 Å². The van der Waals surface area contributed by atoms with Gasteiger partial charge < -0.3 is 15.7 Å². The number of aliphatic hydroxyl groups excluding tert-OH is 1. The molecule has 1 fully saturated rings. The van der Waals surface area contributed by atoms with Crippen LogP contribution in [0.1, 0.15) is 24.0 Å². The van der Waals surface area contributed by atoms with Gasteiger partial charge in [0.1, 0.15) is 0 Å². The second kappa shape index (κ2) is 5.63. The molecule has 0 aromatic heterocycles. The number of anilines is 1. The molecule has 5 heteroatoms. The van der Waals surface area contributed by atoms with E-state index in [0.29, 0.717) is 12.2 Å². The summed E-state index contributed by atoms with van der Waals surface area (Å²) >= 11 is 0. The molecular formula is C15H20N2O3. The second-order valence-electron chi connectivity index (χ2n) is 5.67. The molecule has 1 aliphatic rings. The topological polar surface area (TPSA) is 78.4 Å². The molecule has 0 saturated heterocycles. The van der Waals surface area contributed by atoms with Crippen molar-refractivity contribution in [3.63, 3.8) is 0 Å². The van der Waals surface area contributed by atoms with E-state index in [1.165, 1.54) is 0 Å². The monoisotopic (exact) mass is 276 g/mol. The number of aryl methyl sites for hydroxylation is 2. The van der Waals surface area contributed by atoms with Gasteiger partial charge in [-0.25, -0.2) is 0 Å². The van der Waals surface area contributed by atoms with E-state index in [2.05, 4.69) is 10.6 Å². The molecule has 0 spiro atoms. The molecule has 2 rings (SSSR count). The van der Waals surface area contributed by atoms with E-state index >= 15 is 0 Å². The van der Waals surface area contributed by atoms with Crippen LogP contribution in [-0.4, -0.2) is 30.1 Å². The number of carbonyl (C=O) groups excluding carboxylic acids is 2. The van der Waals surface area contributed by atoms with E-state index in [1.54, 1.807) is 0 Å². The summed E-state index contributed by atoms with van der Waals surface area (Å²) in [7, 11) is 0. The molecule has 0 radical (unpaired) electrons. The molecule has 1 saturated carbocycles. The summed E-state index contributed by atoms with van der Waals surface area (Å²) < 4.78 is 0. The summed E-state index contributed by atoms with van der Waals surface area (Å²) in [4.78, 5) is 23.5. The fourth-order valence-electron chi connectivity index (χ4n) is 2.15. The van der Waals surface area contributed by atoms with E-state index < -0.39 is 11.8 Å². The lowest BCUT2D eigenvalue weighted by molar-refractivity contribution is -0.136. The molecule has 0 aliphatic heterocycles. The summed E-state index contributed by atoms with van der Waals surface area (Å²) in [5.41, 5.74) is 2.47. The molecule has 1 aliphatic carbocycles. The quantitative estimate of drug-likeness (QED) is 0.721. The normalized spacial score (nSPS) is 15.6. The lowest BCUT2D eigenvalue weighted by Gasteiger charge is -2.12. The first-order chi connectivity index (χ1) is 9.44. The zero-order valence-corrected chi connectivity index (χ0v) is 11.8. The molecule has 0 heterocycles. The summed E-state index contributed by atoms with van der Waals surface area (Å²) in [5.74, 6) is -1.34. The fraction of sp³-hybridized carbons (Fsp3) is 0.467. The van der Waals surface area contributed by atoms with Crippen LogP contribution in [0.5, 0.6) is 0 Å². The van der Waals surface area contributed by atoms with Crippen LogP contribution < -0.4 is 10.6 Å². The van der Waals surface area contributed by atoms with Crippen molar-refractivity contribution in [3.8, 4) is 0 Å². The van der Waals surface area contributed by atoms with Crippen LogP contribution in [0.4, 0.5) is 5.69 Å². The van der Waals surface area contributed by atoms with Crippen LogP contribution in [0.15, 0.2) is 18.2 Å². The summed E-state index contributed by atoms with van der Waals surface area (Å²) in [5, 5.41) is 14.3. The Labute approximate surface area is 118 Å². The van der Waals surface area contributed by atoms with Gasteiger partial charge in [-0.2, -0.15) is 0 Å². The number of hydrogen-bond acceptors (Lipinski definition) is 3. The Balaban J connectivity index is 1.89.